The number of halogens is 4. The van der Waals surface area contributed by atoms with E-state index in [0.29, 0.717) is 5.56 Å². The molecule has 0 aliphatic rings. The fraction of sp³-hybridized carbons (Fsp3) is 0.200. The third-order valence-corrected chi connectivity index (χ3v) is 2.44. The molecular formula is C10H8ClF3N2OS. The van der Waals surface area contributed by atoms with E-state index in [-0.39, 0.29) is 15.7 Å². The first-order valence-corrected chi connectivity index (χ1v) is 5.43. The van der Waals surface area contributed by atoms with Crippen LogP contribution in [0.25, 0.3) is 0 Å². The lowest BCUT2D eigenvalue weighted by Crippen LogP contribution is -2.21. The van der Waals surface area contributed by atoms with Crippen molar-refractivity contribution in [1.82, 2.24) is 0 Å². The van der Waals surface area contributed by atoms with Crippen molar-refractivity contribution in [3.63, 3.8) is 0 Å². The summed E-state index contributed by atoms with van der Waals surface area (Å²) in [6.07, 6.45) is -6.13. The summed E-state index contributed by atoms with van der Waals surface area (Å²) in [5, 5.41) is 2.12. The number of carbonyl (C=O) groups excluding carboxylic acids is 1. The zero-order valence-corrected chi connectivity index (χ0v) is 10.4. The summed E-state index contributed by atoms with van der Waals surface area (Å²) in [6.45, 7) is 0. The summed E-state index contributed by atoms with van der Waals surface area (Å²) in [4.78, 5) is 11.2. The van der Waals surface area contributed by atoms with Crippen LogP contribution in [0.15, 0.2) is 18.2 Å². The van der Waals surface area contributed by atoms with Gasteiger partial charge in [0.2, 0.25) is 5.91 Å². The van der Waals surface area contributed by atoms with Crippen LogP contribution < -0.4 is 11.1 Å². The van der Waals surface area contributed by atoms with Crippen LogP contribution >= 0.6 is 23.8 Å². The molecule has 0 spiro atoms. The van der Waals surface area contributed by atoms with E-state index in [0.717, 1.165) is 0 Å². The quantitative estimate of drug-likeness (QED) is 0.843. The van der Waals surface area contributed by atoms with E-state index < -0.39 is 18.5 Å². The van der Waals surface area contributed by atoms with Crippen molar-refractivity contribution in [3.05, 3.63) is 28.8 Å². The minimum atomic E-state index is -4.56. The Morgan fingerprint density at radius 3 is 2.50 bits per heavy atom. The van der Waals surface area contributed by atoms with Crippen LogP contribution in [0.2, 0.25) is 5.02 Å². The van der Waals surface area contributed by atoms with Gasteiger partial charge in [-0.25, -0.2) is 0 Å². The van der Waals surface area contributed by atoms with Gasteiger partial charge in [-0.15, -0.1) is 0 Å². The maximum atomic E-state index is 12.0. The molecule has 0 aliphatic carbocycles. The molecule has 98 valence electrons. The van der Waals surface area contributed by atoms with E-state index in [1.54, 1.807) is 0 Å². The molecule has 1 amide bonds. The lowest BCUT2D eigenvalue weighted by Gasteiger charge is -2.10. The standard InChI is InChI=1S/C10H8ClF3N2OS/c11-6-3-5(9(15)18)1-2-7(6)16-8(17)4-10(12,13)14/h1-3H,4H2,(H2,15,18)(H,16,17). The highest BCUT2D eigenvalue weighted by Gasteiger charge is 2.31. The van der Waals surface area contributed by atoms with Crippen molar-refractivity contribution in [2.45, 2.75) is 12.6 Å². The lowest BCUT2D eigenvalue weighted by molar-refractivity contribution is -0.150. The Morgan fingerprint density at radius 2 is 2.06 bits per heavy atom. The highest BCUT2D eigenvalue weighted by Crippen LogP contribution is 2.25. The maximum absolute atomic E-state index is 12.0. The zero-order valence-electron chi connectivity index (χ0n) is 8.84. The molecule has 0 saturated heterocycles. The second kappa shape index (κ2) is 5.53. The molecule has 3 N–H and O–H groups in total. The van der Waals surface area contributed by atoms with Gasteiger partial charge >= 0.3 is 6.18 Å². The third-order valence-electron chi connectivity index (χ3n) is 1.89. The van der Waals surface area contributed by atoms with E-state index in [1.807, 2.05) is 0 Å². The topological polar surface area (TPSA) is 55.1 Å². The van der Waals surface area contributed by atoms with Gasteiger partial charge in [-0.2, -0.15) is 13.2 Å². The number of nitrogens with two attached hydrogens (primary N) is 1. The summed E-state index contributed by atoms with van der Waals surface area (Å²) >= 11 is 10.5. The maximum Gasteiger partial charge on any atom is 0.397 e. The van der Waals surface area contributed by atoms with Crippen molar-refractivity contribution in [1.29, 1.82) is 0 Å². The van der Waals surface area contributed by atoms with Crippen molar-refractivity contribution in [2.75, 3.05) is 5.32 Å². The van der Waals surface area contributed by atoms with Crippen LogP contribution in [0.5, 0.6) is 0 Å². The normalized spacial score (nSPS) is 11.1. The number of carbonyl (C=O) groups is 1. The number of nitrogens with one attached hydrogen (secondary N) is 1. The SMILES string of the molecule is NC(=S)c1ccc(NC(=O)CC(F)(F)F)c(Cl)c1. The van der Waals surface area contributed by atoms with Crippen molar-refractivity contribution in [2.24, 2.45) is 5.73 Å². The van der Waals surface area contributed by atoms with Gasteiger partial charge in [-0.05, 0) is 18.2 Å². The van der Waals surface area contributed by atoms with E-state index >= 15 is 0 Å². The molecule has 0 bridgehead atoms. The molecule has 0 aromatic heterocycles. The van der Waals surface area contributed by atoms with Crippen molar-refractivity contribution >= 4 is 40.4 Å². The summed E-state index contributed by atoms with van der Waals surface area (Å²) in [5.41, 5.74) is 5.89. The number of hydrogen-bond donors (Lipinski definition) is 2. The van der Waals surface area contributed by atoms with Crippen molar-refractivity contribution in [3.8, 4) is 0 Å². The average molecular weight is 297 g/mol. The van der Waals surface area contributed by atoms with Crippen LogP contribution in [-0.4, -0.2) is 17.1 Å². The molecule has 1 aromatic rings. The van der Waals surface area contributed by atoms with Gasteiger partial charge in [0.25, 0.3) is 0 Å². The highest BCUT2D eigenvalue weighted by molar-refractivity contribution is 7.80. The molecule has 0 atom stereocenters. The van der Waals surface area contributed by atoms with Crippen LogP contribution in [0.3, 0.4) is 0 Å². The fourth-order valence-electron chi connectivity index (χ4n) is 1.15. The van der Waals surface area contributed by atoms with E-state index in [1.165, 1.54) is 18.2 Å². The third kappa shape index (κ3) is 4.50. The van der Waals surface area contributed by atoms with Crippen LogP contribution in [0.4, 0.5) is 18.9 Å². The molecule has 8 heteroatoms. The molecule has 3 nitrogen and oxygen atoms in total. The Hall–Kier alpha value is -1.34. The van der Waals surface area contributed by atoms with Crippen LogP contribution in [0, 0.1) is 0 Å². The monoisotopic (exact) mass is 296 g/mol. The van der Waals surface area contributed by atoms with E-state index in [9.17, 15) is 18.0 Å². The van der Waals surface area contributed by atoms with Gasteiger partial charge in [0.05, 0.1) is 10.7 Å². The molecule has 1 rings (SSSR count). The summed E-state index contributed by atoms with van der Waals surface area (Å²) < 4.78 is 35.9. The average Bonchev–Trinajstić information content (AvgIpc) is 2.17. The Balaban J connectivity index is 2.80. The first-order valence-electron chi connectivity index (χ1n) is 4.65. The molecule has 1 aromatic carbocycles. The first kappa shape index (κ1) is 14.7. The van der Waals surface area contributed by atoms with Gasteiger partial charge in [0, 0.05) is 5.56 Å². The van der Waals surface area contributed by atoms with Gasteiger partial charge in [0.1, 0.15) is 11.4 Å². The highest BCUT2D eigenvalue weighted by atomic mass is 35.5. The van der Waals surface area contributed by atoms with Gasteiger partial charge in [-0.3, -0.25) is 4.79 Å². The Labute approximate surface area is 111 Å². The molecular weight excluding hydrogens is 289 g/mol. The smallest absolute Gasteiger partial charge is 0.389 e. The molecule has 0 radical (unpaired) electrons. The van der Waals surface area contributed by atoms with Gasteiger partial charge in [0.15, 0.2) is 0 Å². The van der Waals surface area contributed by atoms with E-state index in [2.05, 4.69) is 5.32 Å². The second-order valence-corrected chi connectivity index (χ2v) is 4.25. The van der Waals surface area contributed by atoms with Gasteiger partial charge in [-0.1, -0.05) is 23.8 Å². The number of thiocarbonyl (C=S) groups is 1. The number of amides is 1. The number of benzene rings is 1. The molecule has 0 heterocycles. The number of rotatable bonds is 3. The molecule has 0 fully saturated rings. The second-order valence-electron chi connectivity index (χ2n) is 3.40. The predicted octanol–water partition coefficient (Wildman–Crippen LogP) is 2.87. The molecule has 0 aliphatic heterocycles. The number of hydrogen-bond acceptors (Lipinski definition) is 2. The Morgan fingerprint density at radius 1 is 1.44 bits per heavy atom. The van der Waals surface area contributed by atoms with Gasteiger partial charge < -0.3 is 11.1 Å². The zero-order chi connectivity index (χ0) is 13.9. The molecule has 18 heavy (non-hydrogen) atoms. The van der Waals surface area contributed by atoms with E-state index in [4.69, 9.17) is 29.6 Å². The molecule has 0 saturated carbocycles. The Kier molecular flexibility index (Phi) is 4.53. The predicted molar refractivity (Wildman–Crippen MR) is 66.6 cm³/mol. The van der Waals surface area contributed by atoms with Crippen LogP contribution in [-0.2, 0) is 4.79 Å². The summed E-state index contributed by atoms with van der Waals surface area (Å²) in [5.74, 6) is -1.19. The molecule has 0 unspecified atom stereocenters. The first-order chi connectivity index (χ1) is 8.19. The fourth-order valence-corrected chi connectivity index (χ4v) is 1.50. The van der Waals surface area contributed by atoms with Crippen molar-refractivity contribution < 1.29 is 18.0 Å². The largest absolute Gasteiger partial charge is 0.397 e. The minimum Gasteiger partial charge on any atom is -0.389 e. The number of anilines is 1. The summed E-state index contributed by atoms with van der Waals surface area (Å²) in [6, 6.07) is 4.16. The van der Waals surface area contributed by atoms with Crippen LogP contribution in [0.1, 0.15) is 12.0 Å². The lowest BCUT2D eigenvalue weighted by atomic mass is 10.2. The Bertz CT molecular complexity index is 491. The summed E-state index contributed by atoms with van der Waals surface area (Å²) in [7, 11) is 0. The minimum absolute atomic E-state index is 0.0656. The number of alkyl halides is 3.